The van der Waals surface area contributed by atoms with Crippen LogP contribution in [0.25, 0.3) is 0 Å². The van der Waals surface area contributed by atoms with Crippen molar-refractivity contribution in [3.05, 3.63) is 63.2 Å². The number of halogens is 1. The van der Waals surface area contributed by atoms with Crippen LogP contribution in [-0.2, 0) is 33.7 Å². The maximum Gasteiger partial charge on any atom is 0.303 e. The van der Waals surface area contributed by atoms with Gasteiger partial charge in [-0.25, -0.2) is 8.42 Å². The summed E-state index contributed by atoms with van der Waals surface area (Å²) in [6, 6.07) is 6.59. The molecule has 0 aliphatic heterocycles. The molecule has 0 N–H and O–H groups in total. The molecule has 7 nitrogen and oxygen atoms in total. The van der Waals surface area contributed by atoms with E-state index in [0.29, 0.717) is 40.5 Å². The third kappa shape index (κ3) is 9.28. The van der Waals surface area contributed by atoms with E-state index in [-0.39, 0.29) is 23.7 Å². The average molecular weight is 624 g/mol. The molecule has 0 saturated carbocycles. The van der Waals surface area contributed by atoms with Gasteiger partial charge in [0.25, 0.3) is 0 Å². The van der Waals surface area contributed by atoms with Gasteiger partial charge in [-0.2, -0.15) is 0 Å². The summed E-state index contributed by atoms with van der Waals surface area (Å²) < 4.78 is 39.4. The number of carbonyl (C=O) groups is 3. The van der Waals surface area contributed by atoms with Crippen LogP contribution in [0.5, 0.6) is 0 Å². The highest BCUT2D eigenvalue weighted by molar-refractivity contribution is 9.10. The fraction of sp³-hybridized carbons (Fsp3) is 0.500. The van der Waals surface area contributed by atoms with Crippen LogP contribution < -0.4 is 0 Å². The number of hydrogen-bond acceptors (Lipinski definition) is 7. The van der Waals surface area contributed by atoms with E-state index < -0.39 is 38.5 Å². The van der Waals surface area contributed by atoms with Gasteiger partial charge in [-0.15, -0.1) is 0 Å². The SMILES string of the molecule is CC(=O)OC/C=C(\C)CC(/C=C(\C)CC(C1=C(C)C(=O)CCC1(C)C)S(=O)(=O)c1cccc(Br)c1)OC(C)=O. The van der Waals surface area contributed by atoms with Crippen LogP contribution in [0.4, 0.5) is 0 Å². The van der Waals surface area contributed by atoms with Crippen molar-refractivity contribution in [2.24, 2.45) is 5.41 Å². The third-order valence-electron chi connectivity index (χ3n) is 6.89. The standard InChI is InChI=1S/C30H39BrO7S/c1-19(12-14-37-22(4)32)15-25(38-23(5)33)16-20(2)17-28(29-21(3)27(34)11-13-30(29,6)7)39(35,36)26-10-8-9-24(31)18-26/h8-10,12,16,18,25,28H,11,13-15,17H2,1-7H3/b19-12+,20-16+. The number of ether oxygens (including phenoxy) is 2. The Kier molecular flexibility index (Phi) is 11.5. The fourth-order valence-corrected chi connectivity index (χ4v) is 7.71. The van der Waals surface area contributed by atoms with Gasteiger partial charge in [0.05, 0.1) is 10.1 Å². The average Bonchev–Trinajstić information content (AvgIpc) is 2.80. The minimum Gasteiger partial charge on any atom is -0.462 e. The highest BCUT2D eigenvalue weighted by Crippen LogP contribution is 2.45. The summed E-state index contributed by atoms with van der Waals surface area (Å²) >= 11 is 3.38. The molecule has 1 aliphatic rings. The van der Waals surface area contributed by atoms with E-state index in [1.54, 1.807) is 43.3 Å². The van der Waals surface area contributed by atoms with Crippen molar-refractivity contribution >= 4 is 43.5 Å². The van der Waals surface area contributed by atoms with Crippen LogP contribution in [0.15, 0.2) is 68.1 Å². The second-order valence-corrected chi connectivity index (χ2v) is 13.8. The molecule has 2 unspecified atom stereocenters. The van der Waals surface area contributed by atoms with Gasteiger partial charge in [0.15, 0.2) is 15.6 Å². The number of ketones is 1. The molecule has 2 atom stereocenters. The quantitative estimate of drug-likeness (QED) is 0.206. The number of hydrogen-bond donors (Lipinski definition) is 0. The monoisotopic (exact) mass is 622 g/mol. The van der Waals surface area contributed by atoms with Gasteiger partial charge in [-0.1, -0.05) is 47.0 Å². The molecule has 0 spiro atoms. The number of rotatable bonds is 11. The first-order chi connectivity index (χ1) is 18.0. The van der Waals surface area contributed by atoms with Crippen LogP contribution in [0.2, 0.25) is 0 Å². The van der Waals surface area contributed by atoms with E-state index >= 15 is 0 Å². The Bertz CT molecular complexity index is 1300. The molecule has 2 rings (SSSR count). The summed E-state index contributed by atoms with van der Waals surface area (Å²) in [5.74, 6) is -0.892. The maximum atomic E-state index is 14.1. The van der Waals surface area contributed by atoms with E-state index in [1.165, 1.54) is 13.8 Å². The van der Waals surface area contributed by atoms with E-state index in [4.69, 9.17) is 9.47 Å². The molecule has 0 saturated heterocycles. The molecule has 0 radical (unpaired) electrons. The lowest BCUT2D eigenvalue weighted by Crippen LogP contribution is -2.37. The van der Waals surface area contributed by atoms with Gasteiger partial charge in [0.2, 0.25) is 0 Å². The number of carbonyl (C=O) groups excluding carboxylic acids is 3. The highest BCUT2D eigenvalue weighted by atomic mass is 79.9. The van der Waals surface area contributed by atoms with Gasteiger partial charge >= 0.3 is 11.9 Å². The number of benzene rings is 1. The normalized spacial score (nSPS) is 18.0. The van der Waals surface area contributed by atoms with Crippen LogP contribution in [0, 0.1) is 5.41 Å². The van der Waals surface area contributed by atoms with Crippen molar-refractivity contribution in [3.8, 4) is 0 Å². The second kappa shape index (κ2) is 13.7. The lowest BCUT2D eigenvalue weighted by atomic mass is 9.70. The second-order valence-electron chi connectivity index (χ2n) is 10.8. The smallest absolute Gasteiger partial charge is 0.303 e. The Morgan fingerprint density at radius 3 is 2.33 bits per heavy atom. The van der Waals surface area contributed by atoms with E-state index in [9.17, 15) is 22.8 Å². The Balaban J connectivity index is 2.55. The summed E-state index contributed by atoms with van der Waals surface area (Å²) in [4.78, 5) is 35.9. The van der Waals surface area contributed by atoms with Gasteiger partial charge < -0.3 is 9.47 Å². The van der Waals surface area contributed by atoms with E-state index in [0.717, 1.165) is 5.57 Å². The zero-order valence-electron chi connectivity index (χ0n) is 23.8. The van der Waals surface area contributed by atoms with Crippen LogP contribution in [0.1, 0.15) is 74.1 Å². The molecule has 0 amide bonds. The zero-order chi connectivity index (χ0) is 29.5. The lowest BCUT2D eigenvalue weighted by molar-refractivity contribution is -0.144. The Hall–Kier alpha value is -2.52. The van der Waals surface area contributed by atoms with Gasteiger partial charge in [-0.3, -0.25) is 14.4 Å². The first-order valence-electron chi connectivity index (χ1n) is 12.9. The number of sulfone groups is 1. The molecular weight excluding hydrogens is 584 g/mol. The summed E-state index contributed by atoms with van der Waals surface area (Å²) in [6.07, 6.45) is 4.30. The topological polar surface area (TPSA) is 104 Å². The predicted molar refractivity (Wildman–Crippen MR) is 155 cm³/mol. The molecule has 0 bridgehead atoms. The highest BCUT2D eigenvalue weighted by Gasteiger charge is 2.42. The summed E-state index contributed by atoms with van der Waals surface area (Å²) in [5, 5.41) is -0.971. The molecule has 1 aromatic rings. The molecule has 0 heterocycles. The Labute approximate surface area is 240 Å². The summed E-state index contributed by atoms with van der Waals surface area (Å²) in [6.45, 7) is 12.1. The number of Topliss-reactive ketones (excluding diaryl/α,β-unsaturated/α-hetero) is 1. The largest absolute Gasteiger partial charge is 0.462 e. The maximum absolute atomic E-state index is 14.1. The van der Waals surface area contributed by atoms with Crippen molar-refractivity contribution in [1.82, 2.24) is 0 Å². The molecule has 1 aromatic carbocycles. The lowest BCUT2D eigenvalue weighted by Gasteiger charge is -2.38. The van der Waals surface area contributed by atoms with Crippen molar-refractivity contribution in [2.75, 3.05) is 6.61 Å². The Morgan fingerprint density at radius 1 is 1.08 bits per heavy atom. The van der Waals surface area contributed by atoms with E-state index in [2.05, 4.69) is 15.9 Å². The minimum atomic E-state index is -3.90. The first-order valence-corrected chi connectivity index (χ1v) is 15.3. The van der Waals surface area contributed by atoms with Crippen molar-refractivity contribution in [1.29, 1.82) is 0 Å². The van der Waals surface area contributed by atoms with Crippen molar-refractivity contribution in [3.63, 3.8) is 0 Å². The van der Waals surface area contributed by atoms with Crippen LogP contribution >= 0.6 is 15.9 Å². The minimum absolute atomic E-state index is 0.0354. The van der Waals surface area contributed by atoms with Crippen LogP contribution in [0.3, 0.4) is 0 Å². The summed E-state index contributed by atoms with van der Waals surface area (Å²) in [7, 11) is -3.90. The molecule has 214 valence electrons. The fourth-order valence-electron chi connectivity index (χ4n) is 4.99. The number of allylic oxidation sites excluding steroid dienone is 2. The van der Waals surface area contributed by atoms with Crippen LogP contribution in [-0.4, -0.2) is 44.1 Å². The Morgan fingerprint density at radius 2 is 1.74 bits per heavy atom. The number of esters is 2. The zero-order valence-corrected chi connectivity index (χ0v) is 26.2. The van der Waals surface area contributed by atoms with E-state index in [1.807, 2.05) is 27.7 Å². The van der Waals surface area contributed by atoms with Crippen molar-refractivity contribution < 1.29 is 32.3 Å². The third-order valence-corrected chi connectivity index (χ3v) is 9.44. The van der Waals surface area contributed by atoms with Crippen molar-refractivity contribution in [2.45, 2.75) is 90.4 Å². The predicted octanol–water partition coefficient (Wildman–Crippen LogP) is 6.46. The molecule has 0 fully saturated rings. The molecular formula is C30H39BrO7S. The van der Waals surface area contributed by atoms with Gasteiger partial charge in [-0.05, 0) is 80.5 Å². The van der Waals surface area contributed by atoms with Gasteiger partial charge in [0.1, 0.15) is 12.7 Å². The molecule has 9 heteroatoms. The molecule has 0 aromatic heterocycles. The molecule has 1 aliphatic carbocycles. The summed E-state index contributed by atoms with van der Waals surface area (Å²) in [5.41, 5.74) is 2.21. The van der Waals surface area contributed by atoms with Gasteiger partial charge in [0, 0.05) is 31.2 Å². The molecule has 39 heavy (non-hydrogen) atoms. The first kappa shape index (κ1) is 32.7.